The minimum Gasteiger partial charge on any atom is -0.483 e. The lowest BCUT2D eigenvalue weighted by molar-refractivity contribution is -0.118. The van der Waals surface area contributed by atoms with Gasteiger partial charge in [0.05, 0.1) is 16.1 Å². The highest BCUT2D eigenvalue weighted by atomic mass is 35.5. The highest BCUT2D eigenvalue weighted by Crippen LogP contribution is 2.23. The fourth-order valence-corrected chi connectivity index (χ4v) is 2.24. The van der Waals surface area contributed by atoms with Gasteiger partial charge in [-0.2, -0.15) is 5.26 Å². The lowest BCUT2D eigenvalue weighted by Gasteiger charge is -2.10. The molecule has 0 aliphatic carbocycles. The number of carbonyl (C=O) groups excluding carboxylic acids is 2. The number of hydrogen-bond donors (Lipinski definition) is 2. The number of nitrogens with one attached hydrogen (secondary N) is 1. The Kier molecular flexibility index (Phi) is 5.64. The largest absolute Gasteiger partial charge is 0.483 e. The molecule has 24 heavy (non-hydrogen) atoms. The molecule has 0 aliphatic heterocycles. The van der Waals surface area contributed by atoms with Crippen LogP contribution in [0.25, 0.3) is 0 Å². The maximum Gasteiger partial charge on any atom is 0.262 e. The van der Waals surface area contributed by atoms with Crippen LogP contribution in [-0.2, 0) is 4.79 Å². The van der Waals surface area contributed by atoms with Crippen molar-refractivity contribution >= 4 is 40.7 Å². The van der Waals surface area contributed by atoms with Crippen LogP contribution in [0.3, 0.4) is 0 Å². The van der Waals surface area contributed by atoms with E-state index in [0.29, 0.717) is 16.3 Å². The summed E-state index contributed by atoms with van der Waals surface area (Å²) in [5.74, 6) is -1.03. The molecule has 0 unspecified atom stereocenters. The average molecular weight is 364 g/mol. The molecular weight excluding hydrogens is 353 g/mol. The summed E-state index contributed by atoms with van der Waals surface area (Å²) in [6.07, 6.45) is 0. The number of nitriles is 1. The number of carbonyl (C=O) groups is 2. The van der Waals surface area contributed by atoms with Gasteiger partial charge >= 0.3 is 0 Å². The predicted molar refractivity (Wildman–Crippen MR) is 90.3 cm³/mol. The highest BCUT2D eigenvalue weighted by Gasteiger charge is 2.12. The van der Waals surface area contributed by atoms with Gasteiger partial charge in [0.25, 0.3) is 11.8 Å². The number of primary amides is 1. The minimum atomic E-state index is -0.716. The second-order valence-corrected chi connectivity index (χ2v) is 5.49. The van der Waals surface area contributed by atoms with Gasteiger partial charge in [-0.1, -0.05) is 23.2 Å². The zero-order valence-electron chi connectivity index (χ0n) is 12.2. The van der Waals surface area contributed by atoms with Gasteiger partial charge < -0.3 is 15.8 Å². The molecule has 0 atom stereocenters. The van der Waals surface area contributed by atoms with E-state index in [-0.39, 0.29) is 22.9 Å². The summed E-state index contributed by atoms with van der Waals surface area (Å²) in [5.41, 5.74) is 6.04. The molecule has 0 aromatic heterocycles. The fourth-order valence-electron chi connectivity index (χ4n) is 1.84. The number of nitrogens with two attached hydrogens (primary N) is 1. The Morgan fingerprint density at radius 3 is 2.58 bits per heavy atom. The molecule has 3 N–H and O–H groups in total. The number of halogens is 2. The van der Waals surface area contributed by atoms with Gasteiger partial charge in [0.1, 0.15) is 11.8 Å². The van der Waals surface area contributed by atoms with Crippen LogP contribution in [0.1, 0.15) is 15.9 Å². The van der Waals surface area contributed by atoms with Gasteiger partial charge in [-0.15, -0.1) is 0 Å². The Bertz CT molecular complexity index is 847. The summed E-state index contributed by atoms with van der Waals surface area (Å²) >= 11 is 11.7. The number of amides is 2. The number of hydrogen-bond acceptors (Lipinski definition) is 4. The molecule has 0 saturated heterocycles. The summed E-state index contributed by atoms with van der Waals surface area (Å²) < 4.78 is 5.31. The summed E-state index contributed by atoms with van der Waals surface area (Å²) in [4.78, 5) is 23.3. The Morgan fingerprint density at radius 2 is 1.96 bits per heavy atom. The second-order valence-electron chi connectivity index (χ2n) is 4.65. The maximum absolute atomic E-state index is 11.9. The van der Waals surface area contributed by atoms with Crippen molar-refractivity contribution in [2.45, 2.75) is 0 Å². The molecule has 2 rings (SSSR count). The van der Waals surface area contributed by atoms with Crippen molar-refractivity contribution < 1.29 is 14.3 Å². The van der Waals surface area contributed by atoms with E-state index in [0.717, 1.165) is 0 Å². The Balaban J connectivity index is 2.03. The molecule has 2 amide bonds. The smallest absolute Gasteiger partial charge is 0.262 e. The molecule has 0 bridgehead atoms. The van der Waals surface area contributed by atoms with Crippen LogP contribution in [0, 0.1) is 11.3 Å². The first-order chi connectivity index (χ1) is 11.4. The summed E-state index contributed by atoms with van der Waals surface area (Å²) in [7, 11) is 0. The molecular formula is C16H11Cl2N3O3. The maximum atomic E-state index is 11.9. The highest BCUT2D eigenvalue weighted by molar-refractivity contribution is 6.32. The number of ether oxygens (including phenoxy) is 1. The topological polar surface area (TPSA) is 105 Å². The molecule has 0 saturated carbocycles. The molecule has 8 heteroatoms. The molecule has 0 fully saturated rings. The van der Waals surface area contributed by atoms with E-state index in [9.17, 15) is 9.59 Å². The fraction of sp³-hybridized carbons (Fsp3) is 0.0625. The standard InChI is InChI=1S/C16H11Cl2N3O3/c17-10-2-4-14(12(5-10)16(20)23)24-8-15(22)21-11-3-1-9(7-19)13(18)6-11/h1-6H,8H2,(H2,20,23)(H,21,22). The van der Waals surface area contributed by atoms with E-state index in [1.165, 1.54) is 30.3 Å². The van der Waals surface area contributed by atoms with Gasteiger partial charge in [0, 0.05) is 10.7 Å². The van der Waals surface area contributed by atoms with Crippen LogP contribution in [0.2, 0.25) is 10.0 Å². The van der Waals surface area contributed by atoms with Crippen molar-refractivity contribution in [2.75, 3.05) is 11.9 Å². The van der Waals surface area contributed by atoms with Gasteiger partial charge in [0.2, 0.25) is 0 Å². The Labute approximate surface area is 147 Å². The quantitative estimate of drug-likeness (QED) is 0.851. The molecule has 2 aromatic rings. The third-order valence-electron chi connectivity index (χ3n) is 2.94. The first-order valence-corrected chi connectivity index (χ1v) is 7.38. The van der Waals surface area contributed by atoms with Crippen LogP contribution in [0.5, 0.6) is 5.75 Å². The van der Waals surface area contributed by atoms with Crippen LogP contribution >= 0.6 is 23.2 Å². The van der Waals surface area contributed by atoms with E-state index in [2.05, 4.69) is 5.32 Å². The predicted octanol–water partition coefficient (Wildman–Crippen LogP) is 2.98. The van der Waals surface area contributed by atoms with Crippen molar-refractivity contribution in [1.29, 1.82) is 5.26 Å². The number of nitrogens with zero attached hydrogens (tertiary/aromatic N) is 1. The molecule has 0 heterocycles. The molecule has 2 aromatic carbocycles. The van der Waals surface area contributed by atoms with Crippen molar-refractivity contribution in [2.24, 2.45) is 5.73 Å². The minimum absolute atomic E-state index is 0.0803. The molecule has 0 radical (unpaired) electrons. The molecule has 122 valence electrons. The van der Waals surface area contributed by atoms with Gasteiger partial charge in [0.15, 0.2) is 6.61 Å². The molecule has 0 aliphatic rings. The van der Waals surface area contributed by atoms with Gasteiger partial charge in [-0.05, 0) is 36.4 Å². The van der Waals surface area contributed by atoms with Crippen LogP contribution in [0.4, 0.5) is 5.69 Å². The third kappa shape index (κ3) is 4.38. The van der Waals surface area contributed by atoms with Crippen LogP contribution < -0.4 is 15.8 Å². The van der Waals surface area contributed by atoms with Crippen molar-refractivity contribution in [3.8, 4) is 11.8 Å². The van der Waals surface area contributed by atoms with Crippen molar-refractivity contribution in [3.05, 3.63) is 57.6 Å². The first kappa shape index (κ1) is 17.6. The lowest BCUT2D eigenvalue weighted by Crippen LogP contribution is -2.21. The molecule has 0 spiro atoms. The van der Waals surface area contributed by atoms with E-state index in [1.807, 2.05) is 6.07 Å². The summed E-state index contributed by atoms with van der Waals surface area (Å²) in [6.45, 7) is -0.348. The van der Waals surface area contributed by atoms with Gasteiger partial charge in [-0.25, -0.2) is 0 Å². The normalized spacial score (nSPS) is 9.88. The third-order valence-corrected chi connectivity index (χ3v) is 3.49. The van der Waals surface area contributed by atoms with E-state index < -0.39 is 11.8 Å². The van der Waals surface area contributed by atoms with Crippen molar-refractivity contribution in [1.82, 2.24) is 0 Å². The number of anilines is 1. The van der Waals surface area contributed by atoms with Gasteiger partial charge in [-0.3, -0.25) is 9.59 Å². The zero-order chi connectivity index (χ0) is 17.7. The second kappa shape index (κ2) is 7.68. The number of benzene rings is 2. The van der Waals surface area contributed by atoms with Crippen LogP contribution in [-0.4, -0.2) is 18.4 Å². The first-order valence-electron chi connectivity index (χ1n) is 6.62. The molecule has 6 nitrogen and oxygen atoms in total. The van der Waals surface area contributed by atoms with E-state index >= 15 is 0 Å². The average Bonchev–Trinajstić information content (AvgIpc) is 2.53. The van der Waals surface area contributed by atoms with E-state index in [4.69, 9.17) is 38.9 Å². The van der Waals surface area contributed by atoms with Crippen molar-refractivity contribution in [3.63, 3.8) is 0 Å². The monoisotopic (exact) mass is 363 g/mol. The Morgan fingerprint density at radius 1 is 1.21 bits per heavy atom. The SMILES string of the molecule is N#Cc1ccc(NC(=O)COc2ccc(Cl)cc2C(N)=O)cc1Cl. The zero-order valence-corrected chi connectivity index (χ0v) is 13.7. The number of rotatable bonds is 5. The lowest BCUT2D eigenvalue weighted by atomic mass is 10.2. The van der Waals surface area contributed by atoms with Crippen LogP contribution in [0.15, 0.2) is 36.4 Å². The van der Waals surface area contributed by atoms with E-state index in [1.54, 1.807) is 6.07 Å². The summed E-state index contributed by atoms with van der Waals surface area (Å²) in [6, 6.07) is 10.7. The summed E-state index contributed by atoms with van der Waals surface area (Å²) in [5, 5.41) is 11.9. The Hall–Kier alpha value is -2.75.